The van der Waals surface area contributed by atoms with Gasteiger partial charge in [-0.2, -0.15) is 0 Å². The largest absolute Gasteiger partial charge is 0.367 e. The third-order valence-electron chi connectivity index (χ3n) is 3.89. The second-order valence-electron chi connectivity index (χ2n) is 5.91. The van der Waals surface area contributed by atoms with Crippen LogP contribution in [0, 0.1) is 6.92 Å². The minimum absolute atomic E-state index is 0.0254. The van der Waals surface area contributed by atoms with Crippen molar-refractivity contribution >= 4 is 27.3 Å². The maximum atomic E-state index is 12.3. The lowest BCUT2D eigenvalue weighted by Crippen LogP contribution is -2.29. The Morgan fingerprint density at radius 2 is 1.89 bits per heavy atom. The number of pyridine rings is 1. The average molecular weight is 402 g/mol. The van der Waals surface area contributed by atoms with E-state index in [0.29, 0.717) is 30.5 Å². The minimum Gasteiger partial charge on any atom is -0.367 e. The van der Waals surface area contributed by atoms with Crippen LogP contribution in [0.3, 0.4) is 0 Å². The summed E-state index contributed by atoms with van der Waals surface area (Å²) in [6.07, 6.45) is 4.91. The van der Waals surface area contributed by atoms with E-state index in [1.807, 2.05) is 19.1 Å². The lowest BCUT2D eigenvalue weighted by atomic mass is 10.4. The zero-order chi connectivity index (χ0) is 20.0. The number of nitrogens with zero attached hydrogens (tertiary/aromatic N) is 5. The molecule has 0 fully saturated rings. The normalized spacial score (nSPS) is 11.4. The zero-order valence-electron chi connectivity index (χ0n) is 15.6. The first kappa shape index (κ1) is 19.7. The number of anilines is 3. The molecule has 28 heavy (non-hydrogen) atoms. The molecule has 3 heterocycles. The van der Waals surface area contributed by atoms with E-state index >= 15 is 0 Å². The summed E-state index contributed by atoms with van der Waals surface area (Å²) < 4.78 is 28.9. The van der Waals surface area contributed by atoms with Gasteiger partial charge in [-0.3, -0.25) is 4.98 Å². The third kappa shape index (κ3) is 5.02. The van der Waals surface area contributed by atoms with E-state index < -0.39 is 10.0 Å². The van der Waals surface area contributed by atoms with Gasteiger partial charge in [0.05, 0.1) is 11.9 Å². The highest BCUT2D eigenvalue weighted by Crippen LogP contribution is 2.13. The summed E-state index contributed by atoms with van der Waals surface area (Å²) in [6, 6.07) is 7.22. The lowest BCUT2D eigenvalue weighted by molar-refractivity contribution is 0.579. The van der Waals surface area contributed by atoms with Crippen LogP contribution in [-0.4, -0.2) is 46.2 Å². The van der Waals surface area contributed by atoms with Crippen molar-refractivity contribution in [1.82, 2.24) is 29.5 Å². The molecule has 0 aliphatic carbocycles. The summed E-state index contributed by atoms with van der Waals surface area (Å²) in [4.78, 5) is 8.11. The number of hydrogen-bond donors (Lipinski definition) is 3. The molecule has 3 aromatic rings. The number of aryl methyl sites for hydroxylation is 2. The molecule has 0 amide bonds. The monoisotopic (exact) mass is 402 g/mol. The van der Waals surface area contributed by atoms with Crippen molar-refractivity contribution in [2.75, 3.05) is 23.7 Å². The highest BCUT2D eigenvalue weighted by Gasteiger charge is 2.18. The highest BCUT2D eigenvalue weighted by molar-refractivity contribution is 7.89. The second-order valence-corrected chi connectivity index (χ2v) is 7.62. The smallest absolute Gasteiger partial charge is 0.259 e. The van der Waals surface area contributed by atoms with Gasteiger partial charge in [0, 0.05) is 32.0 Å². The van der Waals surface area contributed by atoms with Crippen LogP contribution < -0.4 is 15.4 Å². The van der Waals surface area contributed by atoms with Crippen LogP contribution in [0.5, 0.6) is 0 Å². The molecule has 0 radical (unpaired) electrons. The van der Waals surface area contributed by atoms with Crippen LogP contribution >= 0.6 is 0 Å². The van der Waals surface area contributed by atoms with Gasteiger partial charge < -0.3 is 15.2 Å². The lowest BCUT2D eigenvalue weighted by Gasteiger charge is -2.08. The van der Waals surface area contributed by atoms with Crippen molar-refractivity contribution in [2.45, 2.75) is 25.4 Å². The van der Waals surface area contributed by atoms with Gasteiger partial charge >= 0.3 is 0 Å². The van der Waals surface area contributed by atoms with Gasteiger partial charge in [0.1, 0.15) is 11.6 Å². The number of sulfonamides is 1. The van der Waals surface area contributed by atoms with E-state index in [-0.39, 0.29) is 11.6 Å². The molecule has 10 nitrogen and oxygen atoms in total. The second kappa shape index (κ2) is 8.76. The first-order chi connectivity index (χ1) is 13.5. The summed E-state index contributed by atoms with van der Waals surface area (Å²) in [6.45, 7) is 4.92. The summed E-state index contributed by atoms with van der Waals surface area (Å²) in [5, 5.41) is 14.3. The van der Waals surface area contributed by atoms with Gasteiger partial charge in [-0.1, -0.05) is 0 Å². The van der Waals surface area contributed by atoms with E-state index in [9.17, 15) is 8.42 Å². The number of hydrogen-bond acceptors (Lipinski definition) is 8. The van der Waals surface area contributed by atoms with E-state index in [0.717, 1.165) is 5.69 Å². The molecule has 148 valence electrons. The Hall–Kier alpha value is -3.05. The number of nitrogens with one attached hydrogen (secondary N) is 3. The Kier molecular flexibility index (Phi) is 6.16. The van der Waals surface area contributed by atoms with Crippen molar-refractivity contribution in [3.8, 4) is 0 Å². The van der Waals surface area contributed by atoms with Gasteiger partial charge in [-0.25, -0.2) is 18.1 Å². The Bertz CT molecular complexity index is 1000. The predicted molar refractivity (Wildman–Crippen MR) is 106 cm³/mol. The van der Waals surface area contributed by atoms with Gasteiger partial charge in [0.15, 0.2) is 10.8 Å². The molecule has 0 atom stereocenters. The first-order valence-corrected chi connectivity index (χ1v) is 10.2. The molecule has 0 saturated carbocycles. The van der Waals surface area contributed by atoms with Crippen molar-refractivity contribution in [3.63, 3.8) is 0 Å². The van der Waals surface area contributed by atoms with E-state index in [1.54, 1.807) is 36.0 Å². The number of aromatic nitrogens is 5. The van der Waals surface area contributed by atoms with Crippen molar-refractivity contribution in [3.05, 3.63) is 48.7 Å². The Morgan fingerprint density at radius 1 is 1.11 bits per heavy atom. The van der Waals surface area contributed by atoms with Gasteiger partial charge in [-0.05, 0) is 38.1 Å². The Balaban J connectivity index is 1.48. The SMILES string of the molecule is CCn1cc(S(=O)(=O)NCCNc2ccc(Nc3cccnc3)nn2)nc1C. The predicted octanol–water partition coefficient (Wildman–Crippen LogP) is 1.53. The van der Waals surface area contributed by atoms with E-state index in [4.69, 9.17) is 0 Å². The maximum absolute atomic E-state index is 12.3. The number of imidazole rings is 1. The van der Waals surface area contributed by atoms with Gasteiger partial charge in [0.25, 0.3) is 10.0 Å². The Morgan fingerprint density at radius 3 is 2.54 bits per heavy atom. The first-order valence-electron chi connectivity index (χ1n) is 8.76. The molecular weight excluding hydrogens is 380 g/mol. The van der Waals surface area contributed by atoms with Crippen LogP contribution in [0.4, 0.5) is 17.3 Å². The third-order valence-corrected chi connectivity index (χ3v) is 5.22. The van der Waals surface area contributed by atoms with E-state index in [2.05, 4.69) is 35.5 Å². The van der Waals surface area contributed by atoms with Crippen molar-refractivity contribution in [2.24, 2.45) is 0 Å². The zero-order valence-corrected chi connectivity index (χ0v) is 16.4. The van der Waals surface area contributed by atoms with Crippen LogP contribution in [0.25, 0.3) is 0 Å². The van der Waals surface area contributed by atoms with Gasteiger partial charge in [0.2, 0.25) is 0 Å². The molecule has 0 unspecified atom stereocenters. The molecular formula is C17H22N8O2S. The molecule has 0 aliphatic rings. The van der Waals surface area contributed by atoms with E-state index in [1.165, 1.54) is 6.20 Å². The summed E-state index contributed by atoms with van der Waals surface area (Å²) >= 11 is 0. The topological polar surface area (TPSA) is 127 Å². The molecule has 0 aliphatic heterocycles. The molecule has 0 aromatic carbocycles. The molecule has 0 spiro atoms. The fraction of sp³-hybridized carbons (Fsp3) is 0.294. The Labute approximate surface area is 163 Å². The molecule has 0 saturated heterocycles. The average Bonchev–Trinajstić information content (AvgIpc) is 3.09. The van der Waals surface area contributed by atoms with Crippen molar-refractivity contribution in [1.29, 1.82) is 0 Å². The minimum atomic E-state index is -3.64. The number of rotatable bonds is 9. The van der Waals surface area contributed by atoms with Gasteiger partial charge in [-0.15, -0.1) is 10.2 Å². The molecule has 3 aromatic heterocycles. The van der Waals surface area contributed by atoms with Crippen LogP contribution in [0.2, 0.25) is 0 Å². The summed E-state index contributed by atoms with van der Waals surface area (Å²) in [5.41, 5.74) is 0.813. The molecule has 11 heteroatoms. The maximum Gasteiger partial charge on any atom is 0.259 e. The quantitative estimate of drug-likeness (QED) is 0.460. The highest BCUT2D eigenvalue weighted by atomic mass is 32.2. The fourth-order valence-corrected chi connectivity index (χ4v) is 3.49. The summed E-state index contributed by atoms with van der Waals surface area (Å²) in [5.74, 6) is 1.79. The van der Waals surface area contributed by atoms with Crippen molar-refractivity contribution < 1.29 is 8.42 Å². The van der Waals surface area contributed by atoms with Crippen LogP contribution in [0.1, 0.15) is 12.7 Å². The van der Waals surface area contributed by atoms with Crippen LogP contribution in [-0.2, 0) is 16.6 Å². The van der Waals surface area contributed by atoms with Crippen LogP contribution in [0.15, 0.2) is 47.9 Å². The molecule has 3 N–H and O–H groups in total. The molecule has 3 rings (SSSR count). The molecule has 0 bridgehead atoms. The summed E-state index contributed by atoms with van der Waals surface area (Å²) in [7, 11) is -3.64. The fourth-order valence-electron chi connectivity index (χ4n) is 2.46. The standard InChI is InChI=1S/C17H22N8O2S/c1-3-25-12-17(21-13(25)2)28(26,27)20-10-9-19-15-6-7-16(24-23-15)22-14-5-4-8-18-11-14/h4-8,11-12,20H,3,9-10H2,1-2H3,(H,19,23)(H,22,24).